The number of unbranched alkanes of at least 4 members (excludes halogenated alkanes) is 29. The molecule has 0 aromatic heterocycles. The van der Waals surface area contributed by atoms with Crippen LogP contribution in [0.4, 0.5) is 0 Å². The number of rotatable bonds is 54. The molecule has 0 aliphatic rings. The molecule has 6 heteroatoms. The second-order valence-corrected chi connectivity index (χ2v) is 19.9. The lowest BCUT2D eigenvalue weighted by atomic mass is 10.0. The third-order valence-corrected chi connectivity index (χ3v) is 12.9. The quantitative estimate of drug-likeness (QED) is 0.0261. The highest BCUT2D eigenvalue weighted by molar-refractivity contribution is 5.71. The van der Waals surface area contributed by atoms with Gasteiger partial charge in [-0.2, -0.15) is 0 Å². The van der Waals surface area contributed by atoms with Crippen molar-refractivity contribution in [1.82, 2.24) is 0 Å². The summed E-state index contributed by atoms with van der Waals surface area (Å²) in [4.78, 5) is 37.8. The summed E-state index contributed by atoms with van der Waals surface area (Å²) in [7, 11) is 0. The van der Waals surface area contributed by atoms with Gasteiger partial charge in [-0.05, 0) is 77.0 Å². The zero-order valence-corrected chi connectivity index (χ0v) is 46.7. The number of carbonyl (C=O) groups is 3. The SMILES string of the molecule is CC/C=C\C/C=C\C/C=C\C/C=C\C/C=C\C/C=C\C/C=C\CCCCCCCCCCCC(=O)OCC(COC(=O)CCCCCCC)OC(=O)CCCCCCCCCCCCCCCCCCC. The molecule has 0 amide bonds. The number of allylic oxidation sites excluding steroid dienone is 14. The fourth-order valence-corrected chi connectivity index (χ4v) is 8.42. The van der Waals surface area contributed by atoms with E-state index < -0.39 is 6.10 Å². The average Bonchev–Trinajstić information content (AvgIpc) is 3.37. The lowest BCUT2D eigenvalue weighted by Crippen LogP contribution is -2.30. The maximum absolute atomic E-state index is 12.8. The first-order valence-electron chi connectivity index (χ1n) is 30.1. The van der Waals surface area contributed by atoms with E-state index in [1.165, 1.54) is 135 Å². The molecule has 0 saturated heterocycles. The Hall–Kier alpha value is -3.41. The Labute approximate surface area is 439 Å². The summed E-state index contributed by atoms with van der Waals surface area (Å²) in [5.74, 6) is -0.886. The lowest BCUT2D eigenvalue weighted by Gasteiger charge is -2.18. The van der Waals surface area contributed by atoms with E-state index in [9.17, 15) is 14.4 Å². The number of hydrogen-bond donors (Lipinski definition) is 0. The molecule has 0 fully saturated rings. The summed E-state index contributed by atoms with van der Waals surface area (Å²) in [5.41, 5.74) is 0. The van der Waals surface area contributed by atoms with Gasteiger partial charge in [0.15, 0.2) is 6.10 Å². The van der Waals surface area contributed by atoms with Gasteiger partial charge in [0.2, 0.25) is 0 Å². The van der Waals surface area contributed by atoms with Crippen molar-refractivity contribution in [3.63, 3.8) is 0 Å². The van der Waals surface area contributed by atoms with E-state index in [1.807, 2.05) is 0 Å². The van der Waals surface area contributed by atoms with Gasteiger partial charge in [-0.25, -0.2) is 0 Å². The van der Waals surface area contributed by atoms with E-state index >= 15 is 0 Å². The molecule has 0 radical (unpaired) electrons. The van der Waals surface area contributed by atoms with Gasteiger partial charge in [-0.3, -0.25) is 14.4 Å². The Balaban J connectivity index is 4.05. The number of esters is 3. The van der Waals surface area contributed by atoms with Gasteiger partial charge in [-0.15, -0.1) is 0 Å². The van der Waals surface area contributed by atoms with Crippen molar-refractivity contribution >= 4 is 17.9 Å². The smallest absolute Gasteiger partial charge is 0.306 e. The maximum atomic E-state index is 12.8. The minimum Gasteiger partial charge on any atom is -0.462 e. The highest BCUT2D eigenvalue weighted by atomic mass is 16.6. The van der Waals surface area contributed by atoms with Crippen LogP contribution in [-0.4, -0.2) is 37.2 Å². The molecule has 1 atom stereocenters. The standard InChI is InChI=1S/C65H112O6/c1-4-7-10-13-15-17-19-21-23-25-26-27-28-29-30-31-32-33-34-35-36-37-38-40-41-43-45-47-49-52-55-58-64(67)70-61-62(60-69-63(66)57-54-51-12-9-6-3)71-65(68)59-56-53-50-48-46-44-42-39-24-22-20-18-16-14-11-8-5-2/h7,10,15,17,21,23,26-27,29-30,32-33,35-36,62H,4-6,8-9,11-14,16,18-20,22,24-25,28,31,34,37-61H2,1-3H3/b10-7-,17-15-,23-21-,27-26-,30-29-,33-32-,36-35-. The van der Waals surface area contributed by atoms with Crippen molar-refractivity contribution in [2.24, 2.45) is 0 Å². The Morgan fingerprint density at radius 3 is 0.859 bits per heavy atom. The second kappa shape index (κ2) is 59.2. The fraction of sp³-hybridized carbons (Fsp3) is 0.738. The molecule has 0 aliphatic carbocycles. The van der Waals surface area contributed by atoms with E-state index in [0.29, 0.717) is 19.3 Å². The summed E-state index contributed by atoms with van der Waals surface area (Å²) in [6.45, 7) is 6.46. The second-order valence-electron chi connectivity index (χ2n) is 19.9. The predicted octanol–water partition coefficient (Wildman–Crippen LogP) is 20.3. The van der Waals surface area contributed by atoms with E-state index in [1.54, 1.807) is 0 Å². The zero-order chi connectivity index (χ0) is 51.4. The molecule has 6 nitrogen and oxygen atoms in total. The first-order valence-corrected chi connectivity index (χ1v) is 30.1. The van der Waals surface area contributed by atoms with Crippen LogP contribution in [0.2, 0.25) is 0 Å². The molecule has 71 heavy (non-hydrogen) atoms. The first kappa shape index (κ1) is 67.6. The van der Waals surface area contributed by atoms with Crippen molar-refractivity contribution in [3.05, 3.63) is 85.1 Å². The van der Waals surface area contributed by atoms with Gasteiger partial charge in [0.25, 0.3) is 0 Å². The van der Waals surface area contributed by atoms with Gasteiger partial charge < -0.3 is 14.2 Å². The molecular weight excluding hydrogens is 877 g/mol. The number of carbonyl (C=O) groups excluding carboxylic acids is 3. The summed E-state index contributed by atoms with van der Waals surface area (Å²) in [6.07, 6.45) is 77.7. The van der Waals surface area contributed by atoms with Crippen LogP contribution in [0.15, 0.2) is 85.1 Å². The largest absolute Gasteiger partial charge is 0.462 e. The molecule has 0 N–H and O–H groups in total. The van der Waals surface area contributed by atoms with Crippen LogP contribution in [-0.2, 0) is 28.6 Å². The highest BCUT2D eigenvalue weighted by Crippen LogP contribution is 2.16. The number of ether oxygens (including phenoxy) is 3. The molecule has 0 aromatic rings. The maximum Gasteiger partial charge on any atom is 0.306 e. The predicted molar refractivity (Wildman–Crippen MR) is 307 cm³/mol. The van der Waals surface area contributed by atoms with E-state index in [2.05, 4.69) is 106 Å². The zero-order valence-electron chi connectivity index (χ0n) is 46.7. The Morgan fingerprint density at radius 1 is 0.296 bits per heavy atom. The molecule has 0 rings (SSSR count). The third kappa shape index (κ3) is 57.4. The van der Waals surface area contributed by atoms with Crippen LogP contribution < -0.4 is 0 Å². The number of hydrogen-bond acceptors (Lipinski definition) is 6. The monoisotopic (exact) mass is 989 g/mol. The Morgan fingerprint density at radius 2 is 0.549 bits per heavy atom. The molecule has 408 valence electrons. The molecular formula is C65H112O6. The van der Waals surface area contributed by atoms with E-state index in [4.69, 9.17) is 14.2 Å². The summed E-state index contributed by atoms with van der Waals surface area (Å²) in [6, 6.07) is 0. The van der Waals surface area contributed by atoms with Gasteiger partial charge in [-0.1, -0.05) is 279 Å². The summed E-state index contributed by atoms with van der Waals surface area (Å²) in [5, 5.41) is 0. The van der Waals surface area contributed by atoms with Gasteiger partial charge in [0.05, 0.1) is 0 Å². The van der Waals surface area contributed by atoms with E-state index in [0.717, 1.165) is 116 Å². The van der Waals surface area contributed by atoms with Crippen molar-refractivity contribution in [1.29, 1.82) is 0 Å². The Kier molecular flexibility index (Phi) is 56.3. The molecule has 0 saturated carbocycles. The van der Waals surface area contributed by atoms with E-state index in [-0.39, 0.29) is 31.1 Å². The minimum absolute atomic E-state index is 0.0758. The lowest BCUT2D eigenvalue weighted by molar-refractivity contribution is -0.167. The average molecular weight is 990 g/mol. The molecule has 0 heterocycles. The van der Waals surface area contributed by atoms with Crippen LogP contribution in [0, 0.1) is 0 Å². The highest BCUT2D eigenvalue weighted by Gasteiger charge is 2.19. The molecule has 0 aromatic carbocycles. The minimum atomic E-state index is -0.773. The Bertz CT molecular complexity index is 1370. The first-order chi connectivity index (χ1) is 35.0. The van der Waals surface area contributed by atoms with Gasteiger partial charge in [0, 0.05) is 19.3 Å². The van der Waals surface area contributed by atoms with Crippen LogP contribution in [0.25, 0.3) is 0 Å². The van der Waals surface area contributed by atoms with Crippen molar-refractivity contribution in [2.45, 2.75) is 297 Å². The van der Waals surface area contributed by atoms with Gasteiger partial charge in [0.1, 0.15) is 13.2 Å². The van der Waals surface area contributed by atoms with Crippen LogP contribution in [0.5, 0.6) is 0 Å². The van der Waals surface area contributed by atoms with Crippen molar-refractivity contribution in [2.75, 3.05) is 13.2 Å². The van der Waals surface area contributed by atoms with Gasteiger partial charge >= 0.3 is 17.9 Å². The van der Waals surface area contributed by atoms with Crippen LogP contribution in [0.3, 0.4) is 0 Å². The summed E-state index contributed by atoms with van der Waals surface area (Å²) < 4.78 is 16.7. The normalized spacial score (nSPS) is 12.7. The summed E-state index contributed by atoms with van der Waals surface area (Å²) >= 11 is 0. The molecule has 0 aliphatic heterocycles. The van der Waals surface area contributed by atoms with Crippen molar-refractivity contribution in [3.8, 4) is 0 Å². The van der Waals surface area contributed by atoms with Crippen LogP contribution in [0.1, 0.15) is 290 Å². The van der Waals surface area contributed by atoms with Crippen molar-refractivity contribution < 1.29 is 28.6 Å². The third-order valence-electron chi connectivity index (χ3n) is 12.9. The molecule has 1 unspecified atom stereocenters. The fourth-order valence-electron chi connectivity index (χ4n) is 8.42. The molecule has 0 spiro atoms. The topological polar surface area (TPSA) is 78.9 Å². The van der Waals surface area contributed by atoms with Crippen LogP contribution >= 0.6 is 0 Å². The molecule has 0 bridgehead atoms.